The molecule has 0 bridgehead atoms. The third kappa shape index (κ3) is 5.86. The Hall–Kier alpha value is -3.78. The van der Waals surface area contributed by atoms with Crippen molar-refractivity contribution in [1.29, 1.82) is 0 Å². The lowest BCUT2D eigenvalue weighted by Crippen LogP contribution is -2.34. The minimum absolute atomic E-state index is 0.145. The average Bonchev–Trinajstić information content (AvgIpc) is 3.02. The first-order chi connectivity index (χ1) is 18.0. The molecule has 1 aliphatic heterocycles. The first kappa shape index (κ1) is 27.3. The summed E-state index contributed by atoms with van der Waals surface area (Å²) in [5.41, 5.74) is 7.27. The van der Waals surface area contributed by atoms with Crippen molar-refractivity contribution in [3.8, 4) is 11.1 Å². The Labute approximate surface area is 222 Å². The van der Waals surface area contributed by atoms with E-state index in [0.717, 1.165) is 12.8 Å². The monoisotopic (exact) mass is 518 g/mol. The molecule has 3 N–H and O–H groups in total. The molecule has 38 heavy (non-hydrogen) atoms. The number of amides is 1. The van der Waals surface area contributed by atoms with Crippen LogP contribution in [0.25, 0.3) is 28.0 Å². The van der Waals surface area contributed by atoms with Crippen LogP contribution in [-0.2, 0) is 11.3 Å². The number of nitrogens with zero attached hydrogens (tertiary/aromatic N) is 3. The van der Waals surface area contributed by atoms with E-state index in [2.05, 4.69) is 4.99 Å². The van der Waals surface area contributed by atoms with Crippen molar-refractivity contribution in [3.63, 3.8) is 0 Å². The predicted molar refractivity (Wildman–Crippen MR) is 151 cm³/mol. The number of carbonyl (C=O) groups excluding carboxylic acids is 1. The number of hydrogen-bond acceptors (Lipinski definition) is 5. The SMILES string of the molecule is CCCN(CCC)C(=O)C1=Cc2c(F)cc(-c3ccc4c(=O)n(CC(C)(C)O)ccc4c3)cc2N=C(N)C1. The highest BCUT2D eigenvalue weighted by atomic mass is 19.1. The lowest BCUT2D eigenvalue weighted by molar-refractivity contribution is -0.127. The van der Waals surface area contributed by atoms with Gasteiger partial charge in [-0.15, -0.1) is 0 Å². The summed E-state index contributed by atoms with van der Waals surface area (Å²) in [4.78, 5) is 32.4. The number of hydrogen-bond donors (Lipinski definition) is 2. The van der Waals surface area contributed by atoms with Crippen molar-refractivity contribution in [2.24, 2.45) is 10.7 Å². The fourth-order valence-electron chi connectivity index (χ4n) is 4.82. The molecule has 2 aromatic carbocycles. The van der Waals surface area contributed by atoms with Crippen LogP contribution >= 0.6 is 0 Å². The number of pyridine rings is 1. The molecular weight excluding hydrogens is 483 g/mol. The molecule has 8 heteroatoms. The van der Waals surface area contributed by atoms with Gasteiger partial charge in [0.2, 0.25) is 5.91 Å². The van der Waals surface area contributed by atoms with Gasteiger partial charge < -0.3 is 20.3 Å². The maximum atomic E-state index is 15.5. The number of halogens is 1. The zero-order chi connectivity index (χ0) is 27.6. The Morgan fingerprint density at radius 2 is 1.84 bits per heavy atom. The van der Waals surface area contributed by atoms with Gasteiger partial charge in [-0.2, -0.15) is 0 Å². The summed E-state index contributed by atoms with van der Waals surface area (Å²) < 4.78 is 17.0. The van der Waals surface area contributed by atoms with Crippen LogP contribution in [0.5, 0.6) is 0 Å². The average molecular weight is 519 g/mol. The third-order valence-corrected chi connectivity index (χ3v) is 6.48. The second-order valence-corrected chi connectivity index (χ2v) is 10.5. The normalized spacial score (nSPS) is 13.5. The molecule has 0 saturated heterocycles. The maximum Gasteiger partial charge on any atom is 0.258 e. The molecule has 0 unspecified atom stereocenters. The van der Waals surface area contributed by atoms with Crippen molar-refractivity contribution in [3.05, 3.63) is 69.9 Å². The molecule has 0 fully saturated rings. The van der Waals surface area contributed by atoms with Gasteiger partial charge in [0.25, 0.3) is 5.56 Å². The van der Waals surface area contributed by atoms with Gasteiger partial charge in [0, 0.05) is 42.2 Å². The van der Waals surface area contributed by atoms with Crippen LogP contribution in [0.1, 0.15) is 52.5 Å². The molecule has 0 saturated carbocycles. The Morgan fingerprint density at radius 3 is 2.50 bits per heavy atom. The topological polar surface area (TPSA) is 101 Å². The van der Waals surface area contributed by atoms with Crippen molar-refractivity contribution in [2.75, 3.05) is 13.1 Å². The Morgan fingerprint density at radius 1 is 1.13 bits per heavy atom. The van der Waals surface area contributed by atoms with Gasteiger partial charge in [0.05, 0.1) is 17.8 Å². The van der Waals surface area contributed by atoms with Crippen molar-refractivity contribution in [1.82, 2.24) is 9.47 Å². The molecule has 2 heterocycles. The second kappa shape index (κ2) is 10.9. The van der Waals surface area contributed by atoms with Crippen LogP contribution in [0.3, 0.4) is 0 Å². The maximum absolute atomic E-state index is 15.5. The Balaban J connectivity index is 1.74. The van der Waals surface area contributed by atoms with E-state index in [1.165, 1.54) is 10.6 Å². The first-order valence-corrected chi connectivity index (χ1v) is 13.0. The fraction of sp³-hybridized carbons (Fsp3) is 0.367. The third-order valence-electron chi connectivity index (χ3n) is 6.48. The van der Waals surface area contributed by atoms with E-state index in [0.29, 0.717) is 46.2 Å². The highest BCUT2D eigenvalue weighted by molar-refractivity contribution is 6.05. The molecule has 0 radical (unpaired) electrons. The van der Waals surface area contributed by atoms with Crippen molar-refractivity contribution in [2.45, 2.75) is 59.1 Å². The second-order valence-electron chi connectivity index (χ2n) is 10.5. The van der Waals surface area contributed by atoms with Gasteiger partial charge in [0.15, 0.2) is 0 Å². The summed E-state index contributed by atoms with van der Waals surface area (Å²) in [5, 5.41) is 11.3. The number of amidine groups is 1. The molecule has 0 atom stereocenters. The minimum atomic E-state index is -1.03. The molecule has 0 aliphatic carbocycles. The van der Waals surface area contributed by atoms with Gasteiger partial charge >= 0.3 is 0 Å². The molecule has 1 aromatic heterocycles. The molecule has 3 aromatic rings. The summed E-state index contributed by atoms with van der Waals surface area (Å²) >= 11 is 0. The molecular formula is C30H35FN4O3. The molecule has 1 amide bonds. The van der Waals surface area contributed by atoms with Gasteiger partial charge in [-0.1, -0.05) is 19.9 Å². The van der Waals surface area contributed by atoms with Crippen LogP contribution < -0.4 is 11.3 Å². The standard InChI is InChI=1S/C30H35FN4O3/c1-5-10-34(11-6-2)28(36)22-14-24-25(31)15-21(16-26(24)33-27(32)17-22)19-7-8-23-20(13-19)9-12-35(29(23)37)18-30(3,4)38/h7-9,12-16,38H,5-6,10-11,17-18H2,1-4H3,(H2,32,33). The molecule has 4 rings (SSSR count). The van der Waals surface area contributed by atoms with E-state index >= 15 is 4.39 Å². The summed E-state index contributed by atoms with van der Waals surface area (Å²) in [6.45, 7) is 8.75. The van der Waals surface area contributed by atoms with Crippen LogP contribution in [0.2, 0.25) is 0 Å². The number of aliphatic imine (C=N–C) groups is 1. The Bertz CT molecular complexity index is 1490. The van der Waals surface area contributed by atoms with E-state index in [4.69, 9.17) is 5.73 Å². The molecule has 7 nitrogen and oxygen atoms in total. The molecule has 200 valence electrons. The highest BCUT2D eigenvalue weighted by Gasteiger charge is 2.23. The minimum Gasteiger partial charge on any atom is -0.389 e. The lowest BCUT2D eigenvalue weighted by atomic mass is 9.98. The summed E-state index contributed by atoms with van der Waals surface area (Å²) in [6.07, 6.45) is 5.04. The quantitative estimate of drug-likeness (QED) is 0.438. The number of benzene rings is 2. The Kier molecular flexibility index (Phi) is 7.83. The zero-order valence-corrected chi connectivity index (χ0v) is 22.4. The van der Waals surface area contributed by atoms with Gasteiger partial charge in [-0.3, -0.25) is 9.59 Å². The smallest absolute Gasteiger partial charge is 0.258 e. The summed E-state index contributed by atoms with van der Waals surface area (Å²) in [6, 6.07) is 10.3. The van der Waals surface area contributed by atoms with Crippen LogP contribution in [-0.4, -0.2) is 45.0 Å². The lowest BCUT2D eigenvalue weighted by Gasteiger charge is -2.22. The molecule has 0 spiro atoms. The number of aliphatic hydroxyl groups is 1. The van der Waals surface area contributed by atoms with E-state index in [1.54, 1.807) is 55.3 Å². The molecule has 1 aliphatic rings. The number of aromatic nitrogens is 1. The van der Waals surface area contributed by atoms with E-state index in [9.17, 15) is 14.7 Å². The first-order valence-electron chi connectivity index (χ1n) is 13.0. The van der Waals surface area contributed by atoms with E-state index in [1.807, 2.05) is 19.9 Å². The van der Waals surface area contributed by atoms with Crippen LogP contribution in [0, 0.1) is 5.82 Å². The summed E-state index contributed by atoms with van der Waals surface area (Å²) in [7, 11) is 0. The van der Waals surface area contributed by atoms with Gasteiger partial charge in [-0.25, -0.2) is 9.38 Å². The van der Waals surface area contributed by atoms with Gasteiger partial charge in [-0.05, 0) is 79.6 Å². The number of fused-ring (bicyclic) bond motifs is 2. The fourth-order valence-corrected chi connectivity index (χ4v) is 4.82. The number of carbonyl (C=O) groups is 1. The van der Waals surface area contributed by atoms with Crippen LogP contribution in [0.15, 0.2) is 58.0 Å². The zero-order valence-electron chi connectivity index (χ0n) is 22.4. The van der Waals surface area contributed by atoms with Crippen molar-refractivity contribution >= 4 is 34.3 Å². The number of nitrogens with two attached hydrogens (primary N) is 1. The number of rotatable bonds is 8. The van der Waals surface area contributed by atoms with Crippen molar-refractivity contribution < 1.29 is 14.3 Å². The largest absolute Gasteiger partial charge is 0.389 e. The van der Waals surface area contributed by atoms with Crippen LogP contribution in [0.4, 0.5) is 10.1 Å². The predicted octanol–water partition coefficient (Wildman–Crippen LogP) is 5.00. The van der Waals surface area contributed by atoms with E-state index < -0.39 is 11.4 Å². The summed E-state index contributed by atoms with van der Waals surface area (Å²) in [5.74, 6) is -0.397. The van der Waals surface area contributed by atoms with Gasteiger partial charge in [0.1, 0.15) is 11.7 Å². The highest BCUT2D eigenvalue weighted by Crippen LogP contribution is 2.35. The van der Waals surface area contributed by atoms with E-state index in [-0.39, 0.29) is 35.8 Å².